The third-order valence-electron chi connectivity index (χ3n) is 5.81. The number of nitrogens with one attached hydrogen (secondary N) is 1. The first-order chi connectivity index (χ1) is 12.6. The van der Waals surface area contributed by atoms with Gasteiger partial charge in [0.2, 0.25) is 5.91 Å². The number of anilines is 1. The number of rotatable bonds is 3. The maximum atomic E-state index is 12.6. The Kier molecular flexibility index (Phi) is 4.65. The topological polar surface area (TPSA) is 104 Å². The number of amides is 3. The quantitative estimate of drug-likeness (QED) is 0.832. The van der Waals surface area contributed by atoms with Gasteiger partial charge in [-0.3, -0.25) is 4.79 Å². The van der Waals surface area contributed by atoms with Crippen molar-refractivity contribution in [1.82, 2.24) is 20.4 Å². The summed E-state index contributed by atoms with van der Waals surface area (Å²) in [5, 5.41) is 11.8. The maximum absolute atomic E-state index is 12.6. The number of nitrogens with two attached hydrogens (primary N) is 1. The largest absolute Gasteiger partial charge is 0.369 e. The Labute approximate surface area is 153 Å². The van der Waals surface area contributed by atoms with E-state index in [2.05, 4.69) is 26.5 Å². The van der Waals surface area contributed by atoms with E-state index >= 15 is 0 Å². The van der Waals surface area contributed by atoms with Gasteiger partial charge >= 0.3 is 6.03 Å². The van der Waals surface area contributed by atoms with Gasteiger partial charge in [0.1, 0.15) is 0 Å². The Morgan fingerprint density at radius 3 is 2.69 bits per heavy atom. The summed E-state index contributed by atoms with van der Waals surface area (Å²) in [6.07, 6.45) is 5.34. The highest BCUT2D eigenvalue weighted by Gasteiger charge is 2.31. The minimum Gasteiger partial charge on any atom is -0.369 e. The maximum Gasteiger partial charge on any atom is 0.317 e. The number of carbonyl (C=O) groups excluding carboxylic acids is 2. The Balaban J connectivity index is 1.38. The van der Waals surface area contributed by atoms with Crippen LogP contribution in [-0.2, 0) is 17.8 Å². The lowest BCUT2D eigenvalue weighted by atomic mass is 10.1. The van der Waals surface area contributed by atoms with Crippen molar-refractivity contribution in [3.8, 4) is 0 Å². The van der Waals surface area contributed by atoms with Crippen molar-refractivity contribution in [2.24, 2.45) is 11.7 Å². The SMILES string of the molecule is NC(=O)[C@@H]1CC[C@H](NC(=O)N2CCc3nnc(N4CCCC4)cc3C2)C1. The molecule has 8 nitrogen and oxygen atoms in total. The van der Waals surface area contributed by atoms with E-state index < -0.39 is 0 Å². The van der Waals surface area contributed by atoms with Gasteiger partial charge in [-0.05, 0) is 43.7 Å². The monoisotopic (exact) mass is 358 g/mol. The molecule has 0 radical (unpaired) electrons. The van der Waals surface area contributed by atoms with Crippen molar-refractivity contribution >= 4 is 17.8 Å². The van der Waals surface area contributed by atoms with Gasteiger partial charge in [-0.2, -0.15) is 5.10 Å². The molecule has 1 saturated carbocycles. The minimum atomic E-state index is -0.262. The number of primary amides is 1. The van der Waals surface area contributed by atoms with E-state index in [0.29, 0.717) is 19.5 Å². The molecule has 140 valence electrons. The number of fused-ring (bicyclic) bond motifs is 1. The highest BCUT2D eigenvalue weighted by atomic mass is 16.2. The third kappa shape index (κ3) is 3.45. The van der Waals surface area contributed by atoms with Crippen molar-refractivity contribution in [2.75, 3.05) is 24.5 Å². The average molecular weight is 358 g/mol. The smallest absolute Gasteiger partial charge is 0.317 e. The van der Waals surface area contributed by atoms with Gasteiger partial charge in [0.15, 0.2) is 5.82 Å². The Hall–Kier alpha value is -2.38. The summed E-state index contributed by atoms with van der Waals surface area (Å²) in [6, 6.07) is 2.06. The molecule has 0 aromatic carbocycles. The minimum absolute atomic E-state index is 0.0390. The molecular weight excluding hydrogens is 332 g/mol. The molecule has 4 rings (SSSR count). The molecule has 1 aromatic heterocycles. The second-order valence-electron chi connectivity index (χ2n) is 7.60. The van der Waals surface area contributed by atoms with Crippen LogP contribution in [-0.4, -0.2) is 52.7 Å². The van der Waals surface area contributed by atoms with Gasteiger partial charge < -0.3 is 20.9 Å². The normalized spacial score (nSPS) is 25.2. The number of hydrogen-bond acceptors (Lipinski definition) is 5. The summed E-state index contributed by atoms with van der Waals surface area (Å²) in [5.74, 6) is 0.547. The van der Waals surface area contributed by atoms with Crippen LogP contribution in [0.25, 0.3) is 0 Å². The van der Waals surface area contributed by atoms with Crippen molar-refractivity contribution in [2.45, 2.75) is 51.1 Å². The summed E-state index contributed by atoms with van der Waals surface area (Å²) in [6.45, 7) is 3.26. The molecule has 2 aliphatic heterocycles. The Morgan fingerprint density at radius 1 is 1.15 bits per heavy atom. The van der Waals surface area contributed by atoms with E-state index in [-0.39, 0.29) is 23.9 Å². The van der Waals surface area contributed by atoms with Crippen LogP contribution in [0.15, 0.2) is 6.07 Å². The third-order valence-corrected chi connectivity index (χ3v) is 5.81. The first-order valence-corrected chi connectivity index (χ1v) is 9.55. The van der Waals surface area contributed by atoms with Crippen LogP contribution in [0.4, 0.5) is 10.6 Å². The van der Waals surface area contributed by atoms with Crippen molar-refractivity contribution in [1.29, 1.82) is 0 Å². The van der Waals surface area contributed by atoms with Gasteiger partial charge in [-0.15, -0.1) is 5.10 Å². The molecule has 1 aliphatic carbocycles. The molecule has 1 saturated heterocycles. The van der Waals surface area contributed by atoms with Gasteiger partial charge in [0.25, 0.3) is 0 Å². The highest BCUT2D eigenvalue weighted by Crippen LogP contribution is 2.26. The van der Waals surface area contributed by atoms with E-state index in [0.717, 1.165) is 49.4 Å². The van der Waals surface area contributed by atoms with Crippen LogP contribution in [0.5, 0.6) is 0 Å². The number of hydrogen-bond donors (Lipinski definition) is 2. The lowest BCUT2D eigenvalue weighted by Crippen LogP contribution is -2.46. The van der Waals surface area contributed by atoms with Crippen LogP contribution in [0.1, 0.15) is 43.4 Å². The number of urea groups is 1. The second kappa shape index (κ2) is 7.09. The van der Waals surface area contributed by atoms with Gasteiger partial charge in [-0.1, -0.05) is 0 Å². The predicted octanol–water partition coefficient (Wildman–Crippen LogP) is 0.798. The zero-order valence-corrected chi connectivity index (χ0v) is 15.0. The average Bonchev–Trinajstić information content (AvgIpc) is 3.32. The molecule has 3 amide bonds. The molecule has 3 aliphatic rings. The second-order valence-corrected chi connectivity index (χ2v) is 7.60. The zero-order chi connectivity index (χ0) is 18.1. The van der Waals surface area contributed by atoms with Gasteiger partial charge in [-0.25, -0.2) is 4.79 Å². The molecule has 3 heterocycles. The van der Waals surface area contributed by atoms with E-state index in [9.17, 15) is 9.59 Å². The summed E-state index contributed by atoms with van der Waals surface area (Å²) in [5.41, 5.74) is 7.45. The molecule has 0 unspecified atom stereocenters. The predicted molar refractivity (Wildman–Crippen MR) is 96.4 cm³/mol. The van der Waals surface area contributed by atoms with Crippen molar-refractivity contribution in [3.63, 3.8) is 0 Å². The van der Waals surface area contributed by atoms with E-state index in [1.807, 2.05) is 4.90 Å². The Bertz CT molecular complexity index is 703. The van der Waals surface area contributed by atoms with Crippen LogP contribution >= 0.6 is 0 Å². The van der Waals surface area contributed by atoms with E-state index in [1.165, 1.54) is 12.8 Å². The van der Waals surface area contributed by atoms with Crippen molar-refractivity contribution < 1.29 is 9.59 Å². The fourth-order valence-corrected chi connectivity index (χ4v) is 4.23. The van der Waals surface area contributed by atoms with Gasteiger partial charge in [0, 0.05) is 44.6 Å². The first kappa shape index (κ1) is 17.1. The van der Waals surface area contributed by atoms with Crippen LogP contribution in [0.2, 0.25) is 0 Å². The lowest BCUT2D eigenvalue weighted by molar-refractivity contribution is -0.121. The summed E-state index contributed by atoms with van der Waals surface area (Å²) < 4.78 is 0. The van der Waals surface area contributed by atoms with Crippen LogP contribution < -0.4 is 16.0 Å². The number of nitrogens with zero attached hydrogens (tertiary/aromatic N) is 4. The fraction of sp³-hybridized carbons (Fsp3) is 0.667. The standard InChI is InChI=1S/C18H26N6O2/c19-17(25)12-3-4-14(9-12)20-18(26)24-8-5-15-13(11-24)10-16(22-21-15)23-6-1-2-7-23/h10,12,14H,1-9,11H2,(H2,19,25)(H,20,26)/t12-,14+/m1/s1. The highest BCUT2D eigenvalue weighted by molar-refractivity contribution is 5.78. The van der Waals surface area contributed by atoms with E-state index in [4.69, 9.17) is 5.73 Å². The molecular formula is C18H26N6O2. The molecule has 3 N–H and O–H groups in total. The molecule has 2 fully saturated rings. The molecule has 1 aromatic rings. The molecule has 0 spiro atoms. The summed E-state index contributed by atoms with van der Waals surface area (Å²) >= 11 is 0. The Morgan fingerprint density at radius 2 is 1.96 bits per heavy atom. The summed E-state index contributed by atoms with van der Waals surface area (Å²) in [7, 11) is 0. The molecule has 2 atom stereocenters. The molecule has 0 bridgehead atoms. The molecule has 26 heavy (non-hydrogen) atoms. The fourth-order valence-electron chi connectivity index (χ4n) is 4.23. The number of carbonyl (C=O) groups is 2. The van der Waals surface area contributed by atoms with E-state index in [1.54, 1.807) is 0 Å². The zero-order valence-electron chi connectivity index (χ0n) is 15.0. The molecule has 8 heteroatoms. The van der Waals surface area contributed by atoms with Crippen LogP contribution in [0, 0.1) is 5.92 Å². The first-order valence-electron chi connectivity index (χ1n) is 9.55. The number of aromatic nitrogens is 2. The van der Waals surface area contributed by atoms with Crippen LogP contribution in [0.3, 0.4) is 0 Å². The summed E-state index contributed by atoms with van der Waals surface area (Å²) in [4.78, 5) is 28.0. The van der Waals surface area contributed by atoms with Gasteiger partial charge in [0.05, 0.1) is 5.69 Å². The lowest BCUT2D eigenvalue weighted by Gasteiger charge is -2.30. The van der Waals surface area contributed by atoms with Crippen molar-refractivity contribution in [3.05, 3.63) is 17.3 Å².